The van der Waals surface area contributed by atoms with Crippen LogP contribution in [0.1, 0.15) is 59.7 Å². The van der Waals surface area contributed by atoms with Gasteiger partial charge in [-0.05, 0) is 97.3 Å². The summed E-state index contributed by atoms with van der Waals surface area (Å²) in [6.45, 7) is 21.2. The van der Waals surface area contributed by atoms with Gasteiger partial charge in [0.2, 0.25) is 13.4 Å². The number of nitrogens with zero attached hydrogens (tertiary/aromatic N) is 1. The van der Waals surface area contributed by atoms with Crippen LogP contribution in [0.5, 0.6) is 0 Å². The Hall–Kier alpha value is -4.05. The zero-order chi connectivity index (χ0) is 34.1. The van der Waals surface area contributed by atoms with E-state index in [9.17, 15) is 0 Å². The molecule has 0 amide bonds. The zero-order valence-corrected chi connectivity index (χ0v) is 31.6. The predicted molar refractivity (Wildman–Crippen MR) is 221 cm³/mol. The summed E-state index contributed by atoms with van der Waals surface area (Å²) in [5.41, 5.74) is 19.7. The molecule has 0 bridgehead atoms. The fraction of sp³-hybridized carbons (Fsp3) is 0.227. The molecule has 0 saturated heterocycles. The van der Waals surface area contributed by atoms with E-state index >= 15 is 0 Å². The van der Waals surface area contributed by atoms with Crippen molar-refractivity contribution in [1.29, 1.82) is 0 Å². The van der Waals surface area contributed by atoms with E-state index in [-0.39, 0.29) is 18.8 Å². The van der Waals surface area contributed by atoms with Crippen LogP contribution in [0.2, 0.25) is 0 Å². The molecule has 0 spiro atoms. The van der Waals surface area contributed by atoms with Gasteiger partial charge >= 0.3 is 0 Å². The lowest BCUT2D eigenvalue weighted by Crippen LogP contribution is -2.65. The van der Waals surface area contributed by atoms with E-state index < -0.39 is 0 Å². The Kier molecular flexibility index (Phi) is 6.78. The van der Waals surface area contributed by atoms with Crippen LogP contribution < -0.4 is 37.7 Å². The Balaban J connectivity index is 1.50. The average molecular weight is 670 g/mol. The number of thiophene rings is 2. The van der Waals surface area contributed by atoms with Crippen molar-refractivity contribution >= 4 is 105 Å². The number of rotatable bonds is 2. The normalized spacial score (nSPS) is 13.7. The van der Waals surface area contributed by atoms with Crippen LogP contribution in [-0.4, -0.2) is 13.4 Å². The van der Waals surface area contributed by atoms with Crippen LogP contribution in [-0.2, 0) is 5.41 Å². The van der Waals surface area contributed by atoms with Gasteiger partial charge in [0.15, 0.2) is 0 Å². The Morgan fingerprint density at radius 1 is 0.510 bits per heavy atom. The molecule has 0 atom stereocenters. The molecule has 0 N–H and O–H groups in total. The van der Waals surface area contributed by atoms with E-state index in [0.717, 1.165) is 0 Å². The predicted octanol–water partition coefficient (Wildman–Crippen LogP) is 8.39. The number of hydrogen-bond donors (Lipinski definition) is 0. The fourth-order valence-electron chi connectivity index (χ4n) is 9.31. The van der Waals surface area contributed by atoms with E-state index in [0.29, 0.717) is 0 Å². The molecule has 7 aromatic rings. The van der Waals surface area contributed by atoms with Gasteiger partial charge in [0, 0.05) is 15.1 Å². The van der Waals surface area contributed by atoms with Crippen molar-refractivity contribution in [3.05, 3.63) is 124 Å². The van der Waals surface area contributed by atoms with Crippen LogP contribution >= 0.6 is 22.7 Å². The Morgan fingerprint density at radius 2 is 0.898 bits per heavy atom. The highest BCUT2D eigenvalue weighted by molar-refractivity contribution is 7.29. The maximum atomic E-state index is 2.71. The Bertz CT molecular complexity index is 2320. The molecule has 240 valence electrons. The molecule has 5 heteroatoms. The lowest BCUT2D eigenvalue weighted by atomic mass is 9.29. The van der Waals surface area contributed by atoms with Crippen molar-refractivity contribution in [3.8, 4) is 0 Å². The first-order chi connectivity index (χ1) is 23.4. The van der Waals surface area contributed by atoms with Crippen molar-refractivity contribution in [2.24, 2.45) is 0 Å². The second kappa shape index (κ2) is 10.7. The second-order valence-corrected chi connectivity index (χ2v) is 17.8. The number of hydrogen-bond acceptors (Lipinski definition) is 3. The molecule has 0 saturated carbocycles. The summed E-state index contributed by atoms with van der Waals surface area (Å²) in [6, 6.07) is 33.0. The Morgan fingerprint density at radius 3 is 1.29 bits per heavy atom. The van der Waals surface area contributed by atoms with Gasteiger partial charge in [-0.15, -0.1) is 22.7 Å². The summed E-state index contributed by atoms with van der Waals surface area (Å²) >= 11 is 3.95. The third kappa shape index (κ3) is 4.44. The monoisotopic (exact) mass is 669 g/mol. The van der Waals surface area contributed by atoms with Crippen LogP contribution in [0.3, 0.4) is 0 Å². The molecule has 2 aliphatic heterocycles. The van der Waals surface area contributed by atoms with Crippen molar-refractivity contribution in [2.75, 3.05) is 4.90 Å². The summed E-state index contributed by atoms with van der Waals surface area (Å²) in [4.78, 5) is 2.71. The molecule has 0 aliphatic carbocycles. The highest BCUT2D eigenvalue weighted by Crippen LogP contribution is 2.48. The second-order valence-electron chi connectivity index (χ2n) is 15.7. The summed E-state index contributed by atoms with van der Waals surface area (Å²) in [5, 5.41) is 5.53. The number of benzene rings is 5. The van der Waals surface area contributed by atoms with Crippen LogP contribution in [0.15, 0.2) is 84.9 Å². The minimum atomic E-state index is -0.0197. The van der Waals surface area contributed by atoms with E-state index in [1.54, 1.807) is 0 Å². The first-order valence-corrected chi connectivity index (χ1v) is 19.2. The maximum absolute atomic E-state index is 2.71. The maximum Gasteiger partial charge on any atom is 0.249 e. The minimum absolute atomic E-state index is 0.0197. The smallest absolute Gasteiger partial charge is 0.249 e. The summed E-state index contributed by atoms with van der Waals surface area (Å²) < 4.78 is 2.72. The van der Waals surface area contributed by atoms with Crippen LogP contribution in [0.4, 0.5) is 15.7 Å². The SMILES string of the molecule is Cc1cc(C)c(B2c3cc(C(C)(C)C)cc4c3N(c3sc5ccccc5c32)c2sc3ccccc3c2B4c2c(C)cc(C)cc2C)c(C)c1. The quantitative estimate of drug-likeness (QED) is 0.167. The molecule has 4 heterocycles. The number of fused-ring (bicyclic) bond motifs is 8. The van der Waals surface area contributed by atoms with Crippen molar-refractivity contribution in [1.82, 2.24) is 0 Å². The van der Waals surface area contributed by atoms with E-state index in [1.165, 1.54) is 108 Å². The van der Waals surface area contributed by atoms with Gasteiger partial charge in [0.1, 0.15) is 0 Å². The van der Waals surface area contributed by atoms with Gasteiger partial charge in [-0.2, -0.15) is 0 Å². The molecule has 0 fully saturated rings. The van der Waals surface area contributed by atoms with Gasteiger partial charge < -0.3 is 0 Å². The summed E-state index contributed by atoms with van der Waals surface area (Å²) in [6.07, 6.45) is 0. The van der Waals surface area contributed by atoms with Gasteiger partial charge in [0.05, 0.1) is 10.0 Å². The molecule has 1 nitrogen and oxygen atoms in total. The van der Waals surface area contributed by atoms with Gasteiger partial charge in [-0.1, -0.05) is 138 Å². The third-order valence-electron chi connectivity index (χ3n) is 11.1. The van der Waals surface area contributed by atoms with E-state index in [2.05, 4.69) is 152 Å². The molecule has 2 aliphatic rings. The average Bonchev–Trinajstić information content (AvgIpc) is 3.60. The molecular weight excluding hydrogens is 628 g/mol. The lowest BCUT2D eigenvalue weighted by molar-refractivity contribution is 0.591. The summed E-state index contributed by atoms with van der Waals surface area (Å²) in [7, 11) is 0. The zero-order valence-electron chi connectivity index (χ0n) is 30.0. The highest BCUT2D eigenvalue weighted by atomic mass is 32.1. The van der Waals surface area contributed by atoms with Crippen molar-refractivity contribution < 1.29 is 0 Å². The van der Waals surface area contributed by atoms with E-state index in [1.807, 2.05) is 22.7 Å². The molecule has 9 rings (SSSR count). The molecule has 0 radical (unpaired) electrons. The molecule has 5 aromatic carbocycles. The first-order valence-electron chi connectivity index (χ1n) is 17.6. The number of aryl methyl sites for hydroxylation is 6. The van der Waals surface area contributed by atoms with Gasteiger partial charge in [-0.3, -0.25) is 4.90 Å². The van der Waals surface area contributed by atoms with Crippen LogP contribution in [0, 0.1) is 41.5 Å². The standard InChI is InChI=1S/C44H41B2NS2/c1-24-18-26(3)37(27(4)19-24)45-33-22-30(44(7,8)9)23-34-41(33)47(42-39(45)31-14-10-12-16-35(31)48-42)43-40(32-15-11-13-17-36(32)49-43)46(34)38-28(5)20-25(2)21-29(38)6/h10-23H,1-9H3. The topological polar surface area (TPSA) is 3.24 Å². The van der Waals surface area contributed by atoms with Gasteiger partial charge in [-0.25, -0.2) is 0 Å². The first kappa shape index (κ1) is 31.0. The lowest BCUT2D eigenvalue weighted by Gasteiger charge is -2.43. The third-order valence-corrected chi connectivity index (χ3v) is 13.5. The van der Waals surface area contributed by atoms with Crippen molar-refractivity contribution in [3.63, 3.8) is 0 Å². The van der Waals surface area contributed by atoms with Gasteiger partial charge in [0.25, 0.3) is 0 Å². The fourth-order valence-corrected chi connectivity index (χ4v) is 11.9. The van der Waals surface area contributed by atoms with E-state index in [4.69, 9.17) is 0 Å². The van der Waals surface area contributed by atoms with Crippen molar-refractivity contribution in [2.45, 2.75) is 67.7 Å². The summed E-state index contributed by atoms with van der Waals surface area (Å²) in [5.74, 6) is 0. The largest absolute Gasteiger partial charge is 0.295 e. The molecular formula is C44H41B2NS2. The number of anilines is 3. The Labute approximate surface area is 299 Å². The minimum Gasteiger partial charge on any atom is -0.295 e. The molecule has 0 unspecified atom stereocenters. The highest BCUT2D eigenvalue weighted by Gasteiger charge is 2.48. The molecule has 49 heavy (non-hydrogen) atoms. The molecule has 2 aromatic heterocycles. The van der Waals surface area contributed by atoms with Crippen LogP contribution in [0.25, 0.3) is 20.2 Å².